The number of aromatic nitrogens is 2. The molecule has 0 radical (unpaired) electrons. The minimum Gasteiger partial charge on any atom is -0.481 e. The summed E-state index contributed by atoms with van der Waals surface area (Å²) in [5, 5.41) is 2.92. The summed E-state index contributed by atoms with van der Waals surface area (Å²) in [4.78, 5) is 7.74. The summed E-state index contributed by atoms with van der Waals surface area (Å²) in [7, 11) is 1.52. The first-order valence-electron chi connectivity index (χ1n) is 5.75. The SMILES string of the molecule is COc1ccc(CNc2ccc(C(F)(F)F)cn2)cn1. The molecule has 2 aromatic heterocycles. The third-order valence-electron chi connectivity index (χ3n) is 2.57. The highest BCUT2D eigenvalue weighted by molar-refractivity contribution is 5.37. The lowest BCUT2D eigenvalue weighted by Gasteiger charge is -2.08. The van der Waals surface area contributed by atoms with Gasteiger partial charge in [-0.2, -0.15) is 13.2 Å². The van der Waals surface area contributed by atoms with E-state index >= 15 is 0 Å². The van der Waals surface area contributed by atoms with Crippen LogP contribution in [0.4, 0.5) is 19.0 Å². The molecule has 7 heteroatoms. The van der Waals surface area contributed by atoms with Crippen molar-refractivity contribution in [2.45, 2.75) is 12.7 Å². The molecular formula is C13H12F3N3O. The number of alkyl halides is 3. The number of hydrogen-bond donors (Lipinski definition) is 1. The smallest absolute Gasteiger partial charge is 0.417 e. The zero-order chi connectivity index (χ0) is 14.6. The molecule has 0 aromatic carbocycles. The van der Waals surface area contributed by atoms with Crippen molar-refractivity contribution >= 4 is 5.82 Å². The maximum Gasteiger partial charge on any atom is 0.417 e. The molecular weight excluding hydrogens is 271 g/mol. The van der Waals surface area contributed by atoms with E-state index < -0.39 is 11.7 Å². The normalized spacial score (nSPS) is 11.2. The number of nitrogens with zero attached hydrogens (tertiary/aromatic N) is 2. The standard InChI is InChI=1S/C13H12F3N3O/c1-20-12-5-2-9(7-19-12)6-17-11-4-3-10(8-18-11)13(14,15)16/h2-5,7-8H,6H2,1H3,(H,17,18). The molecule has 0 aliphatic rings. The fraction of sp³-hybridized carbons (Fsp3) is 0.231. The Morgan fingerprint density at radius 1 is 1.10 bits per heavy atom. The van der Waals surface area contributed by atoms with Crippen LogP contribution < -0.4 is 10.1 Å². The summed E-state index contributed by atoms with van der Waals surface area (Å²) < 4.78 is 42.0. The first kappa shape index (κ1) is 14.1. The highest BCUT2D eigenvalue weighted by Gasteiger charge is 2.30. The second-order valence-corrected chi connectivity index (χ2v) is 3.99. The number of hydrogen-bond acceptors (Lipinski definition) is 4. The lowest BCUT2D eigenvalue weighted by atomic mass is 10.2. The van der Waals surface area contributed by atoms with E-state index in [4.69, 9.17) is 4.74 Å². The topological polar surface area (TPSA) is 47.0 Å². The number of rotatable bonds is 4. The van der Waals surface area contributed by atoms with Gasteiger partial charge in [-0.25, -0.2) is 9.97 Å². The van der Waals surface area contributed by atoms with Crippen LogP contribution >= 0.6 is 0 Å². The van der Waals surface area contributed by atoms with Gasteiger partial charge in [0.1, 0.15) is 5.82 Å². The van der Waals surface area contributed by atoms with E-state index in [1.54, 1.807) is 12.3 Å². The fourth-order valence-corrected chi connectivity index (χ4v) is 1.49. The number of anilines is 1. The average molecular weight is 283 g/mol. The van der Waals surface area contributed by atoms with Crippen molar-refractivity contribution in [1.29, 1.82) is 0 Å². The minimum absolute atomic E-state index is 0.369. The molecule has 0 bridgehead atoms. The maximum atomic E-state index is 12.4. The van der Waals surface area contributed by atoms with E-state index in [1.807, 2.05) is 6.07 Å². The van der Waals surface area contributed by atoms with Crippen LogP contribution in [0.25, 0.3) is 0 Å². The van der Waals surface area contributed by atoms with Crippen molar-refractivity contribution in [2.75, 3.05) is 12.4 Å². The zero-order valence-corrected chi connectivity index (χ0v) is 10.6. The molecule has 0 aliphatic carbocycles. The van der Waals surface area contributed by atoms with Gasteiger partial charge < -0.3 is 10.1 Å². The van der Waals surface area contributed by atoms with E-state index in [0.29, 0.717) is 18.2 Å². The molecule has 2 heterocycles. The van der Waals surface area contributed by atoms with Crippen molar-refractivity contribution in [2.24, 2.45) is 0 Å². The van der Waals surface area contributed by atoms with Gasteiger partial charge in [-0.3, -0.25) is 0 Å². The highest BCUT2D eigenvalue weighted by atomic mass is 19.4. The molecule has 0 fully saturated rings. The summed E-state index contributed by atoms with van der Waals surface area (Å²) in [6, 6.07) is 5.79. The molecule has 2 aromatic rings. The van der Waals surface area contributed by atoms with Crippen LogP contribution in [0, 0.1) is 0 Å². The second kappa shape index (κ2) is 5.77. The Hall–Kier alpha value is -2.31. The van der Waals surface area contributed by atoms with Crippen molar-refractivity contribution in [1.82, 2.24) is 9.97 Å². The molecule has 0 amide bonds. The van der Waals surface area contributed by atoms with Gasteiger partial charge in [0.25, 0.3) is 0 Å². The van der Waals surface area contributed by atoms with Gasteiger partial charge in [0.2, 0.25) is 5.88 Å². The Kier molecular flexibility index (Phi) is 4.07. The van der Waals surface area contributed by atoms with Gasteiger partial charge in [0, 0.05) is 25.0 Å². The summed E-state index contributed by atoms with van der Waals surface area (Å²) in [5.74, 6) is 0.871. The zero-order valence-electron chi connectivity index (χ0n) is 10.6. The number of halogens is 3. The van der Waals surface area contributed by atoms with Crippen LogP contribution in [0.3, 0.4) is 0 Å². The van der Waals surface area contributed by atoms with Gasteiger partial charge in [0.05, 0.1) is 12.7 Å². The van der Waals surface area contributed by atoms with Crippen LogP contribution in [-0.2, 0) is 12.7 Å². The van der Waals surface area contributed by atoms with Gasteiger partial charge >= 0.3 is 6.18 Å². The molecule has 0 unspecified atom stereocenters. The minimum atomic E-state index is -4.37. The fourth-order valence-electron chi connectivity index (χ4n) is 1.49. The van der Waals surface area contributed by atoms with Crippen molar-refractivity contribution in [3.05, 3.63) is 47.8 Å². The van der Waals surface area contributed by atoms with E-state index in [9.17, 15) is 13.2 Å². The van der Waals surface area contributed by atoms with Crippen molar-refractivity contribution in [3.8, 4) is 5.88 Å². The summed E-state index contributed by atoms with van der Waals surface area (Å²) >= 11 is 0. The summed E-state index contributed by atoms with van der Waals surface area (Å²) in [6.07, 6.45) is -1.95. The van der Waals surface area contributed by atoms with E-state index in [1.165, 1.54) is 13.2 Å². The predicted octanol–water partition coefficient (Wildman–Crippen LogP) is 3.12. The maximum absolute atomic E-state index is 12.4. The Labute approximate surface area is 113 Å². The molecule has 20 heavy (non-hydrogen) atoms. The quantitative estimate of drug-likeness (QED) is 0.936. The van der Waals surface area contributed by atoms with Crippen molar-refractivity contribution < 1.29 is 17.9 Å². The van der Waals surface area contributed by atoms with Crippen LogP contribution in [0.5, 0.6) is 5.88 Å². The van der Waals surface area contributed by atoms with Crippen molar-refractivity contribution in [3.63, 3.8) is 0 Å². The molecule has 1 N–H and O–H groups in total. The van der Waals surface area contributed by atoms with Gasteiger partial charge in [0.15, 0.2) is 0 Å². The molecule has 0 atom stereocenters. The summed E-state index contributed by atoms with van der Waals surface area (Å²) in [5.41, 5.74) is 0.0988. The molecule has 0 spiro atoms. The Balaban J connectivity index is 1.96. The second-order valence-electron chi connectivity index (χ2n) is 3.99. The van der Waals surface area contributed by atoms with Crippen LogP contribution in [0.2, 0.25) is 0 Å². The Bertz CT molecular complexity index is 553. The lowest BCUT2D eigenvalue weighted by Crippen LogP contribution is -2.07. The van der Waals surface area contributed by atoms with Crippen LogP contribution in [0.1, 0.15) is 11.1 Å². The van der Waals surface area contributed by atoms with Gasteiger partial charge in [-0.05, 0) is 17.7 Å². The number of ether oxygens (including phenoxy) is 1. The van der Waals surface area contributed by atoms with Crippen LogP contribution in [0.15, 0.2) is 36.7 Å². The van der Waals surface area contributed by atoms with E-state index in [-0.39, 0.29) is 0 Å². The first-order valence-corrected chi connectivity index (χ1v) is 5.75. The van der Waals surface area contributed by atoms with E-state index in [0.717, 1.165) is 17.8 Å². The third kappa shape index (κ3) is 3.59. The number of methoxy groups -OCH3 is 1. The Morgan fingerprint density at radius 2 is 1.90 bits per heavy atom. The van der Waals surface area contributed by atoms with Gasteiger partial charge in [-0.1, -0.05) is 6.07 Å². The summed E-state index contributed by atoms with van der Waals surface area (Å²) in [6.45, 7) is 0.412. The number of nitrogens with one attached hydrogen (secondary N) is 1. The highest BCUT2D eigenvalue weighted by Crippen LogP contribution is 2.28. The predicted molar refractivity (Wildman–Crippen MR) is 67.4 cm³/mol. The molecule has 106 valence electrons. The molecule has 4 nitrogen and oxygen atoms in total. The average Bonchev–Trinajstić information content (AvgIpc) is 2.45. The molecule has 0 saturated heterocycles. The monoisotopic (exact) mass is 283 g/mol. The van der Waals surface area contributed by atoms with E-state index in [2.05, 4.69) is 15.3 Å². The number of pyridine rings is 2. The third-order valence-corrected chi connectivity index (χ3v) is 2.57. The molecule has 0 aliphatic heterocycles. The molecule has 0 saturated carbocycles. The lowest BCUT2D eigenvalue weighted by molar-refractivity contribution is -0.137. The van der Waals surface area contributed by atoms with Crippen LogP contribution in [-0.4, -0.2) is 17.1 Å². The first-order chi connectivity index (χ1) is 9.49. The Morgan fingerprint density at radius 3 is 2.40 bits per heavy atom. The largest absolute Gasteiger partial charge is 0.481 e. The van der Waals surface area contributed by atoms with Gasteiger partial charge in [-0.15, -0.1) is 0 Å². The molecule has 2 rings (SSSR count).